The number of carbonyl (C=O) groups excluding carboxylic acids is 2. The second-order valence-corrected chi connectivity index (χ2v) is 4.26. The number of benzene rings is 1. The fraction of sp³-hybridized carbons (Fsp3) is 0.385. The quantitative estimate of drug-likeness (QED) is 0.893. The Kier molecular flexibility index (Phi) is 4.33. The van der Waals surface area contributed by atoms with Crippen LogP contribution in [0.5, 0.6) is 0 Å². The zero-order valence-corrected chi connectivity index (χ0v) is 10.4. The lowest BCUT2D eigenvalue weighted by atomic mass is 10.2. The highest BCUT2D eigenvalue weighted by atomic mass is 19.1. The molecular weight excluding hydrogens is 251 g/mol. The highest BCUT2D eigenvalue weighted by Crippen LogP contribution is 2.06. The van der Waals surface area contributed by atoms with Gasteiger partial charge in [-0.15, -0.1) is 0 Å². The number of hydrogen-bond acceptors (Lipinski definition) is 3. The third kappa shape index (κ3) is 3.67. The summed E-state index contributed by atoms with van der Waals surface area (Å²) in [7, 11) is 0. The maximum absolute atomic E-state index is 13.3. The Hall–Kier alpha value is -2.11. The number of carbonyl (C=O) groups is 2. The number of ether oxygens (including phenoxy) is 1. The fourth-order valence-electron chi connectivity index (χ4n) is 1.81. The predicted molar refractivity (Wildman–Crippen MR) is 65.8 cm³/mol. The van der Waals surface area contributed by atoms with Gasteiger partial charge in [0.05, 0.1) is 6.61 Å². The van der Waals surface area contributed by atoms with E-state index in [0.717, 1.165) is 0 Å². The Morgan fingerprint density at radius 1 is 1.42 bits per heavy atom. The highest BCUT2D eigenvalue weighted by Gasteiger charge is 2.21. The number of halogens is 1. The summed E-state index contributed by atoms with van der Waals surface area (Å²) < 4.78 is 18.1. The molecule has 102 valence electrons. The van der Waals surface area contributed by atoms with Gasteiger partial charge in [0.15, 0.2) is 0 Å². The lowest BCUT2D eigenvalue weighted by molar-refractivity contribution is -0.122. The topological polar surface area (TPSA) is 58.6 Å². The van der Waals surface area contributed by atoms with Gasteiger partial charge in [-0.25, -0.2) is 9.18 Å². The van der Waals surface area contributed by atoms with Crippen molar-refractivity contribution in [3.05, 3.63) is 35.6 Å². The van der Waals surface area contributed by atoms with E-state index in [1.807, 2.05) is 0 Å². The molecule has 1 aromatic carbocycles. The summed E-state index contributed by atoms with van der Waals surface area (Å²) >= 11 is 0. The van der Waals surface area contributed by atoms with Crippen molar-refractivity contribution in [2.75, 3.05) is 19.7 Å². The zero-order chi connectivity index (χ0) is 13.7. The van der Waals surface area contributed by atoms with Crippen LogP contribution in [0.15, 0.2) is 24.3 Å². The smallest absolute Gasteiger partial charge is 0.410 e. The second-order valence-electron chi connectivity index (χ2n) is 4.26. The van der Waals surface area contributed by atoms with Crippen LogP contribution in [-0.2, 0) is 16.1 Å². The van der Waals surface area contributed by atoms with Gasteiger partial charge in [-0.05, 0) is 12.5 Å². The summed E-state index contributed by atoms with van der Waals surface area (Å²) in [6.07, 6.45) is 0.235. The van der Waals surface area contributed by atoms with Crippen LogP contribution in [0.2, 0.25) is 0 Å². The lowest BCUT2D eigenvalue weighted by Gasteiger charge is -2.25. The molecule has 1 aliphatic heterocycles. The number of nitrogens with one attached hydrogen (secondary N) is 1. The van der Waals surface area contributed by atoms with E-state index in [4.69, 9.17) is 4.74 Å². The van der Waals surface area contributed by atoms with E-state index in [0.29, 0.717) is 25.1 Å². The minimum atomic E-state index is -0.479. The molecule has 0 unspecified atom stereocenters. The summed E-state index contributed by atoms with van der Waals surface area (Å²) in [5.74, 6) is -0.692. The first-order chi connectivity index (χ1) is 9.16. The predicted octanol–water partition coefficient (Wildman–Crippen LogP) is 1.28. The number of cyclic esters (lactones) is 1. The Labute approximate surface area is 110 Å². The lowest BCUT2D eigenvalue weighted by Crippen LogP contribution is -2.44. The number of rotatable bonds is 4. The van der Waals surface area contributed by atoms with Crippen LogP contribution in [0.3, 0.4) is 0 Å². The molecule has 1 fully saturated rings. The molecule has 1 aromatic rings. The molecule has 0 aromatic heterocycles. The van der Waals surface area contributed by atoms with Crippen LogP contribution < -0.4 is 5.32 Å². The molecule has 5 nitrogen and oxygen atoms in total. The van der Waals surface area contributed by atoms with E-state index in [9.17, 15) is 14.0 Å². The van der Waals surface area contributed by atoms with Crippen LogP contribution in [0.1, 0.15) is 12.0 Å². The number of hydrogen-bond donors (Lipinski definition) is 1. The molecule has 0 spiro atoms. The third-order valence-electron chi connectivity index (χ3n) is 2.82. The monoisotopic (exact) mass is 266 g/mol. The van der Waals surface area contributed by atoms with Gasteiger partial charge in [0, 0.05) is 18.7 Å². The van der Waals surface area contributed by atoms with Crippen LogP contribution in [0.4, 0.5) is 9.18 Å². The normalized spacial score (nSPS) is 15.0. The molecule has 0 bridgehead atoms. The molecule has 1 N–H and O–H groups in total. The molecule has 0 atom stereocenters. The van der Waals surface area contributed by atoms with Crippen molar-refractivity contribution in [3.8, 4) is 0 Å². The van der Waals surface area contributed by atoms with Crippen molar-refractivity contribution in [1.29, 1.82) is 0 Å². The molecule has 0 saturated carbocycles. The minimum Gasteiger partial charge on any atom is -0.449 e. The van der Waals surface area contributed by atoms with Gasteiger partial charge in [0.2, 0.25) is 5.91 Å². The summed E-state index contributed by atoms with van der Waals surface area (Å²) in [6.45, 7) is 0.944. The van der Waals surface area contributed by atoms with Gasteiger partial charge < -0.3 is 10.1 Å². The Bertz CT molecular complexity index is 479. The highest BCUT2D eigenvalue weighted by molar-refractivity contribution is 5.82. The summed E-state index contributed by atoms with van der Waals surface area (Å²) in [5.41, 5.74) is 0.414. The Balaban J connectivity index is 1.81. The summed E-state index contributed by atoms with van der Waals surface area (Å²) in [4.78, 5) is 24.3. The largest absolute Gasteiger partial charge is 0.449 e. The van der Waals surface area contributed by atoms with E-state index in [1.54, 1.807) is 18.2 Å². The molecular formula is C13H15FN2O3. The van der Waals surface area contributed by atoms with Crippen molar-refractivity contribution in [2.45, 2.75) is 13.0 Å². The van der Waals surface area contributed by atoms with Gasteiger partial charge >= 0.3 is 6.09 Å². The van der Waals surface area contributed by atoms with E-state index in [1.165, 1.54) is 11.0 Å². The van der Waals surface area contributed by atoms with Gasteiger partial charge in [-0.2, -0.15) is 0 Å². The molecule has 2 amide bonds. The average Bonchev–Trinajstić information content (AvgIpc) is 2.40. The maximum Gasteiger partial charge on any atom is 0.410 e. The van der Waals surface area contributed by atoms with Gasteiger partial charge in [-0.1, -0.05) is 18.2 Å². The minimum absolute atomic E-state index is 0.0622. The summed E-state index contributed by atoms with van der Waals surface area (Å²) in [6, 6.07) is 6.23. The van der Waals surface area contributed by atoms with Gasteiger partial charge in [-0.3, -0.25) is 9.69 Å². The average molecular weight is 266 g/mol. The molecule has 0 aliphatic carbocycles. The first kappa shape index (κ1) is 13.3. The van der Waals surface area contributed by atoms with Gasteiger partial charge in [0.25, 0.3) is 0 Å². The first-order valence-electron chi connectivity index (χ1n) is 6.08. The standard InChI is InChI=1S/C13H15FN2O3/c14-11-5-2-1-4-10(11)8-15-12(17)9-16-6-3-7-19-13(16)18/h1-2,4-5H,3,6-9H2,(H,15,17). The van der Waals surface area contributed by atoms with Gasteiger partial charge in [0.1, 0.15) is 12.4 Å². The molecule has 2 rings (SSSR count). The molecule has 1 saturated heterocycles. The van der Waals surface area contributed by atoms with Crippen LogP contribution in [-0.4, -0.2) is 36.6 Å². The summed E-state index contributed by atoms with van der Waals surface area (Å²) in [5, 5.41) is 2.58. The van der Waals surface area contributed by atoms with Crippen molar-refractivity contribution in [3.63, 3.8) is 0 Å². The Morgan fingerprint density at radius 2 is 2.21 bits per heavy atom. The first-order valence-corrected chi connectivity index (χ1v) is 6.08. The Morgan fingerprint density at radius 3 is 2.95 bits per heavy atom. The molecule has 1 heterocycles. The van der Waals surface area contributed by atoms with Crippen LogP contribution in [0.25, 0.3) is 0 Å². The maximum atomic E-state index is 13.3. The van der Waals surface area contributed by atoms with Crippen molar-refractivity contribution >= 4 is 12.0 Å². The van der Waals surface area contributed by atoms with Crippen LogP contribution >= 0.6 is 0 Å². The molecule has 6 heteroatoms. The van der Waals surface area contributed by atoms with Crippen molar-refractivity contribution in [1.82, 2.24) is 10.2 Å². The SMILES string of the molecule is O=C(CN1CCCOC1=O)NCc1ccccc1F. The molecule has 19 heavy (non-hydrogen) atoms. The molecule has 1 aliphatic rings. The van der Waals surface area contributed by atoms with E-state index in [2.05, 4.69) is 5.32 Å². The third-order valence-corrected chi connectivity index (χ3v) is 2.82. The zero-order valence-electron chi connectivity index (χ0n) is 10.4. The van der Waals surface area contributed by atoms with E-state index >= 15 is 0 Å². The van der Waals surface area contributed by atoms with Crippen molar-refractivity contribution in [2.24, 2.45) is 0 Å². The fourth-order valence-corrected chi connectivity index (χ4v) is 1.81. The molecule has 0 radical (unpaired) electrons. The van der Waals surface area contributed by atoms with Crippen LogP contribution in [0, 0.1) is 5.82 Å². The van der Waals surface area contributed by atoms with E-state index < -0.39 is 6.09 Å². The van der Waals surface area contributed by atoms with E-state index in [-0.39, 0.29) is 24.8 Å². The number of nitrogens with zero attached hydrogens (tertiary/aromatic N) is 1. The van der Waals surface area contributed by atoms with Crippen molar-refractivity contribution < 1.29 is 18.7 Å². The second kappa shape index (κ2) is 6.17. The number of amides is 2.